The van der Waals surface area contributed by atoms with Crippen LogP contribution in [0.5, 0.6) is 0 Å². The maximum atomic E-state index is 11.2. The van der Waals surface area contributed by atoms with Crippen molar-refractivity contribution < 1.29 is 4.79 Å². The van der Waals surface area contributed by atoms with Crippen molar-refractivity contribution in [1.82, 2.24) is 10.3 Å². The summed E-state index contributed by atoms with van der Waals surface area (Å²) in [5, 5.41) is 5.55. The minimum atomic E-state index is -0.0446. The van der Waals surface area contributed by atoms with Crippen molar-refractivity contribution in [2.45, 2.75) is 6.92 Å². The van der Waals surface area contributed by atoms with E-state index >= 15 is 0 Å². The highest BCUT2D eigenvalue weighted by Gasteiger charge is 2.01. The van der Waals surface area contributed by atoms with Crippen molar-refractivity contribution in [3.63, 3.8) is 0 Å². The number of hydrogen-bond donors (Lipinski definition) is 2. The van der Waals surface area contributed by atoms with Gasteiger partial charge in [0.15, 0.2) is 0 Å². The van der Waals surface area contributed by atoms with Gasteiger partial charge in [0, 0.05) is 18.1 Å². The van der Waals surface area contributed by atoms with Gasteiger partial charge in [-0.2, -0.15) is 0 Å². The highest BCUT2D eigenvalue weighted by Crippen LogP contribution is 2.10. The van der Waals surface area contributed by atoms with Crippen LogP contribution in [0, 0.1) is 6.92 Å². The summed E-state index contributed by atoms with van der Waals surface area (Å²) < 4.78 is 0. The first kappa shape index (κ1) is 9.67. The van der Waals surface area contributed by atoms with E-state index in [4.69, 9.17) is 0 Å². The zero-order valence-electron chi connectivity index (χ0n) is 7.79. The number of hydrogen-bond acceptors (Lipinski definition) is 3. The molecule has 13 heavy (non-hydrogen) atoms. The highest BCUT2D eigenvalue weighted by atomic mass is 16.1. The summed E-state index contributed by atoms with van der Waals surface area (Å²) in [6.45, 7) is 2.23. The van der Waals surface area contributed by atoms with Gasteiger partial charge >= 0.3 is 0 Å². The van der Waals surface area contributed by atoms with E-state index < -0.39 is 0 Å². The number of aryl methyl sites for hydroxylation is 1. The number of carbonyl (C=O) groups is 1. The largest absolute Gasteiger partial charge is 0.325 e. The van der Waals surface area contributed by atoms with Crippen molar-refractivity contribution in [1.29, 1.82) is 0 Å². The predicted octanol–water partition coefficient (Wildman–Crippen LogP) is 0.548. The molecular weight excluding hydrogens is 166 g/mol. The Morgan fingerprint density at radius 2 is 2.38 bits per heavy atom. The maximum Gasteiger partial charge on any atom is 0.238 e. The van der Waals surface area contributed by atoms with E-state index in [0.29, 0.717) is 6.54 Å². The van der Waals surface area contributed by atoms with Crippen LogP contribution in [0.2, 0.25) is 0 Å². The smallest absolute Gasteiger partial charge is 0.238 e. The number of nitrogens with zero attached hydrogens (tertiary/aromatic N) is 1. The first-order valence-electron chi connectivity index (χ1n) is 4.09. The van der Waals surface area contributed by atoms with E-state index in [2.05, 4.69) is 15.6 Å². The summed E-state index contributed by atoms with van der Waals surface area (Å²) in [4.78, 5) is 15.1. The number of aromatic nitrogens is 1. The molecule has 0 aliphatic rings. The van der Waals surface area contributed by atoms with Crippen LogP contribution in [0.4, 0.5) is 5.69 Å². The van der Waals surface area contributed by atoms with Crippen LogP contribution in [-0.4, -0.2) is 24.5 Å². The molecule has 0 aliphatic carbocycles. The van der Waals surface area contributed by atoms with Crippen LogP contribution in [0.1, 0.15) is 5.56 Å². The SMILES string of the molecule is CNCC(=O)Nc1ccncc1C. The Morgan fingerprint density at radius 1 is 1.62 bits per heavy atom. The molecule has 0 aliphatic heterocycles. The molecule has 2 N–H and O–H groups in total. The van der Waals surface area contributed by atoms with Gasteiger partial charge in [0.1, 0.15) is 0 Å². The molecule has 0 saturated heterocycles. The van der Waals surface area contributed by atoms with Crippen LogP contribution in [0.3, 0.4) is 0 Å². The van der Waals surface area contributed by atoms with E-state index in [0.717, 1.165) is 11.3 Å². The molecule has 70 valence electrons. The fourth-order valence-corrected chi connectivity index (χ4v) is 0.969. The Kier molecular flexibility index (Phi) is 3.40. The first-order valence-corrected chi connectivity index (χ1v) is 4.09. The summed E-state index contributed by atoms with van der Waals surface area (Å²) in [6, 6.07) is 1.78. The van der Waals surface area contributed by atoms with E-state index in [1.165, 1.54) is 0 Å². The molecule has 1 aromatic heterocycles. The number of carbonyl (C=O) groups excluding carboxylic acids is 1. The van der Waals surface area contributed by atoms with Gasteiger partial charge in [-0.15, -0.1) is 0 Å². The Hall–Kier alpha value is -1.42. The standard InChI is InChI=1S/C9H13N3O/c1-7-5-11-4-3-8(7)12-9(13)6-10-2/h3-5,10H,6H2,1-2H3,(H,11,12,13). The third-order valence-electron chi connectivity index (χ3n) is 1.63. The molecule has 1 heterocycles. The Balaban J connectivity index is 2.63. The third kappa shape index (κ3) is 2.83. The van der Waals surface area contributed by atoms with Crippen molar-refractivity contribution in [2.24, 2.45) is 0 Å². The average Bonchev–Trinajstić information content (AvgIpc) is 2.09. The molecule has 0 radical (unpaired) electrons. The van der Waals surface area contributed by atoms with Crippen molar-refractivity contribution >= 4 is 11.6 Å². The molecule has 1 rings (SSSR count). The zero-order valence-corrected chi connectivity index (χ0v) is 7.79. The zero-order chi connectivity index (χ0) is 9.68. The van der Waals surface area contributed by atoms with Crippen LogP contribution in [0.15, 0.2) is 18.5 Å². The average molecular weight is 179 g/mol. The Labute approximate surface area is 77.4 Å². The van der Waals surface area contributed by atoms with Crippen molar-refractivity contribution in [3.8, 4) is 0 Å². The van der Waals surface area contributed by atoms with E-state index in [-0.39, 0.29) is 5.91 Å². The van der Waals surface area contributed by atoms with Crippen LogP contribution < -0.4 is 10.6 Å². The fraction of sp³-hybridized carbons (Fsp3) is 0.333. The Bertz CT molecular complexity index is 299. The number of nitrogens with one attached hydrogen (secondary N) is 2. The van der Waals surface area contributed by atoms with Gasteiger partial charge in [-0.25, -0.2) is 0 Å². The van der Waals surface area contributed by atoms with Gasteiger partial charge in [0.2, 0.25) is 5.91 Å². The van der Waals surface area contributed by atoms with Gasteiger partial charge in [-0.3, -0.25) is 9.78 Å². The van der Waals surface area contributed by atoms with E-state index in [9.17, 15) is 4.79 Å². The second kappa shape index (κ2) is 4.57. The summed E-state index contributed by atoms with van der Waals surface area (Å²) in [6.07, 6.45) is 3.37. The van der Waals surface area contributed by atoms with E-state index in [1.54, 1.807) is 25.5 Å². The molecule has 1 aromatic rings. The topological polar surface area (TPSA) is 54.0 Å². The minimum Gasteiger partial charge on any atom is -0.325 e. The monoisotopic (exact) mass is 179 g/mol. The van der Waals surface area contributed by atoms with Gasteiger partial charge < -0.3 is 10.6 Å². The number of rotatable bonds is 3. The van der Waals surface area contributed by atoms with Gasteiger partial charge in [-0.05, 0) is 25.6 Å². The molecule has 0 saturated carbocycles. The highest BCUT2D eigenvalue weighted by molar-refractivity contribution is 5.92. The lowest BCUT2D eigenvalue weighted by atomic mass is 10.2. The summed E-state index contributed by atoms with van der Waals surface area (Å²) in [5.74, 6) is -0.0446. The molecule has 0 bridgehead atoms. The molecule has 4 heteroatoms. The van der Waals surface area contributed by atoms with E-state index in [1.807, 2.05) is 6.92 Å². The fourth-order valence-electron chi connectivity index (χ4n) is 0.969. The number of likely N-dealkylation sites (N-methyl/N-ethyl adjacent to an activating group) is 1. The molecule has 0 aromatic carbocycles. The summed E-state index contributed by atoms with van der Waals surface area (Å²) >= 11 is 0. The van der Waals surface area contributed by atoms with Crippen LogP contribution in [0.25, 0.3) is 0 Å². The maximum absolute atomic E-state index is 11.2. The first-order chi connectivity index (χ1) is 6.24. The summed E-state index contributed by atoms with van der Waals surface area (Å²) in [5.41, 5.74) is 1.78. The molecule has 4 nitrogen and oxygen atoms in total. The predicted molar refractivity (Wildman–Crippen MR) is 51.5 cm³/mol. The molecule has 0 spiro atoms. The van der Waals surface area contributed by atoms with Gasteiger partial charge in [0.25, 0.3) is 0 Å². The minimum absolute atomic E-state index is 0.0446. The Morgan fingerprint density at radius 3 is 3.00 bits per heavy atom. The molecule has 0 unspecified atom stereocenters. The lowest BCUT2D eigenvalue weighted by molar-refractivity contribution is -0.115. The number of pyridine rings is 1. The molecule has 1 amide bonds. The second-order valence-corrected chi connectivity index (χ2v) is 2.77. The van der Waals surface area contributed by atoms with Crippen molar-refractivity contribution in [2.75, 3.05) is 18.9 Å². The normalized spacial score (nSPS) is 9.69. The second-order valence-electron chi connectivity index (χ2n) is 2.77. The molecule has 0 fully saturated rings. The third-order valence-corrected chi connectivity index (χ3v) is 1.63. The van der Waals surface area contributed by atoms with Crippen molar-refractivity contribution in [3.05, 3.63) is 24.0 Å². The number of amides is 1. The molecular formula is C9H13N3O. The molecule has 0 atom stereocenters. The van der Waals surface area contributed by atoms with Crippen LogP contribution >= 0.6 is 0 Å². The summed E-state index contributed by atoms with van der Waals surface area (Å²) in [7, 11) is 1.74. The van der Waals surface area contributed by atoms with Gasteiger partial charge in [0.05, 0.1) is 6.54 Å². The van der Waals surface area contributed by atoms with Crippen LogP contribution in [-0.2, 0) is 4.79 Å². The van der Waals surface area contributed by atoms with Gasteiger partial charge in [-0.1, -0.05) is 0 Å². The lowest BCUT2D eigenvalue weighted by Gasteiger charge is -2.06. The lowest BCUT2D eigenvalue weighted by Crippen LogP contribution is -2.25. The quantitative estimate of drug-likeness (QED) is 0.712. The number of anilines is 1.